The number of aromatic amines is 1. The van der Waals surface area contributed by atoms with Gasteiger partial charge in [-0.25, -0.2) is 10.3 Å². The Bertz CT molecular complexity index is 808. The Hall–Kier alpha value is -2.69. The van der Waals surface area contributed by atoms with Gasteiger partial charge < -0.3 is 4.74 Å². The number of hydrogen-bond acceptors (Lipinski definition) is 3. The van der Waals surface area contributed by atoms with Crippen LogP contribution in [0.5, 0.6) is 5.75 Å². The zero-order chi connectivity index (χ0) is 21.2. The van der Waals surface area contributed by atoms with Crippen molar-refractivity contribution >= 4 is 23.3 Å². The van der Waals surface area contributed by atoms with E-state index >= 15 is 0 Å². The molecule has 0 radical (unpaired) electrons. The number of benzene rings is 1. The molecule has 1 amide bonds. The molecule has 0 saturated heterocycles. The number of aromatic nitrogens is 1. The molecule has 152 valence electrons. The summed E-state index contributed by atoms with van der Waals surface area (Å²) in [5.41, 5.74) is -5.19. The lowest BCUT2D eigenvalue weighted by Crippen LogP contribution is -2.72. The van der Waals surface area contributed by atoms with Gasteiger partial charge in [0.2, 0.25) is 0 Å². The number of pyridine rings is 1. The number of alkyl halides is 6. The standard InChI is InChI=1S/C16H12ClF6N3O2/c1-28-11-5-2-9(3-6-11)13(27)26-14(15(18,19)20,16(21,22)23)25-12-7-4-10(17)8-24-12/h2-8H,1H3,(H,24,25)(H,26,27)/p+1. The molecule has 0 unspecified atom stereocenters. The van der Waals surface area contributed by atoms with Crippen molar-refractivity contribution in [2.75, 3.05) is 12.4 Å². The number of halogens is 7. The molecule has 0 aliphatic heterocycles. The second-order valence-corrected chi connectivity index (χ2v) is 5.91. The monoisotopic (exact) mass is 428 g/mol. The summed E-state index contributed by atoms with van der Waals surface area (Å²) in [5.74, 6) is -2.00. The van der Waals surface area contributed by atoms with Crippen LogP contribution in [0.4, 0.5) is 32.2 Å². The molecular formula is C16H13ClF6N3O2+. The lowest BCUT2D eigenvalue weighted by atomic mass is 10.1. The average molecular weight is 429 g/mol. The molecule has 2 aromatic rings. The van der Waals surface area contributed by atoms with E-state index in [1.165, 1.54) is 24.6 Å². The maximum atomic E-state index is 13.6. The lowest BCUT2D eigenvalue weighted by Gasteiger charge is -2.34. The third-order valence-electron chi connectivity index (χ3n) is 3.60. The number of amides is 1. The van der Waals surface area contributed by atoms with Gasteiger partial charge in [-0.1, -0.05) is 11.6 Å². The summed E-state index contributed by atoms with van der Waals surface area (Å²) in [6.45, 7) is 0. The van der Waals surface area contributed by atoms with Gasteiger partial charge in [0.1, 0.15) is 11.9 Å². The van der Waals surface area contributed by atoms with Crippen molar-refractivity contribution in [3.05, 3.63) is 53.2 Å². The Kier molecular flexibility index (Phi) is 5.97. The van der Waals surface area contributed by atoms with E-state index in [2.05, 4.69) is 4.98 Å². The summed E-state index contributed by atoms with van der Waals surface area (Å²) in [5, 5.41) is 2.39. The highest BCUT2D eigenvalue weighted by molar-refractivity contribution is 6.30. The van der Waals surface area contributed by atoms with Gasteiger partial charge in [-0.05, 0) is 30.3 Å². The van der Waals surface area contributed by atoms with Crippen LogP contribution in [0.2, 0.25) is 5.02 Å². The van der Waals surface area contributed by atoms with Crippen LogP contribution in [0.1, 0.15) is 10.4 Å². The van der Waals surface area contributed by atoms with Crippen LogP contribution in [-0.2, 0) is 0 Å². The van der Waals surface area contributed by atoms with Crippen molar-refractivity contribution in [1.29, 1.82) is 0 Å². The van der Waals surface area contributed by atoms with E-state index in [9.17, 15) is 31.1 Å². The molecule has 0 atom stereocenters. The van der Waals surface area contributed by atoms with Gasteiger partial charge in [0, 0.05) is 11.6 Å². The second kappa shape index (κ2) is 7.74. The minimum Gasteiger partial charge on any atom is -0.497 e. The van der Waals surface area contributed by atoms with Crippen molar-refractivity contribution in [3.63, 3.8) is 0 Å². The number of methoxy groups -OCH3 is 1. The SMILES string of the molecule is COc1ccc(C(=O)NC(Nc2ccc(Cl)c[nH+]2)(C(F)(F)F)C(F)(F)F)cc1. The van der Waals surface area contributed by atoms with Crippen LogP contribution >= 0.6 is 11.6 Å². The third-order valence-corrected chi connectivity index (χ3v) is 3.84. The largest absolute Gasteiger partial charge is 0.497 e. The zero-order valence-electron chi connectivity index (χ0n) is 14.0. The predicted molar refractivity (Wildman–Crippen MR) is 86.9 cm³/mol. The van der Waals surface area contributed by atoms with Gasteiger partial charge in [0.05, 0.1) is 12.1 Å². The third kappa shape index (κ3) is 4.41. The first kappa shape index (κ1) is 21.6. The maximum Gasteiger partial charge on any atom is 0.462 e. The molecule has 0 aliphatic carbocycles. The Morgan fingerprint density at radius 2 is 1.57 bits per heavy atom. The van der Waals surface area contributed by atoms with Gasteiger partial charge in [0.25, 0.3) is 11.7 Å². The summed E-state index contributed by atoms with van der Waals surface area (Å²) >= 11 is 5.57. The van der Waals surface area contributed by atoms with Gasteiger partial charge in [-0.3, -0.25) is 10.1 Å². The van der Waals surface area contributed by atoms with Crippen molar-refractivity contribution in [2.24, 2.45) is 0 Å². The summed E-state index contributed by atoms with van der Waals surface area (Å²) in [7, 11) is 1.31. The number of nitrogens with one attached hydrogen (secondary N) is 3. The van der Waals surface area contributed by atoms with Gasteiger partial charge in [-0.15, -0.1) is 0 Å². The van der Waals surface area contributed by atoms with E-state index in [0.717, 1.165) is 35.8 Å². The number of anilines is 1. The summed E-state index contributed by atoms with van der Waals surface area (Å²) < 4.78 is 86.3. The lowest BCUT2D eigenvalue weighted by molar-refractivity contribution is -0.367. The highest BCUT2D eigenvalue weighted by Gasteiger charge is 2.76. The van der Waals surface area contributed by atoms with Crippen molar-refractivity contribution in [2.45, 2.75) is 18.0 Å². The minimum absolute atomic E-state index is 0.0532. The van der Waals surface area contributed by atoms with Crippen LogP contribution in [-0.4, -0.2) is 31.0 Å². The predicted octanol–water partition coefficient (Wildman–Crippen LogP) is 3.83. The zero-order valence-corrected chi connectivity index (χ0v) is 14.8. The Balaban J connectivity index is 2.46. The molecule has 12 heteroatoms. The molecule has 1 heterocycles. The molecule has 1 aromatic heterocycles. The van der Waals surface area contributed by atoms with Gasteiger partial charge >= 0.3 is 18.0 Å². The van der Waals surface area contributed by atoms with Crippen LogP contribution in [0.3, 0.4) is 0 Å². The molecule has 5 nitrogen and oxygen atoms in total. The van der Waals surface area contributed by atoms with Crippen molar-refractivity contribution in [1.82, 2.24) is 5.32 Å². The van der Waals surface area contributed by atoms with Crippen LogP contribution in [0, 0.1) is 0 Å². The maximum absolute atomic E-state index is 13.6. The Labute approximate surface area is 159 Å². The van der Waals surface area contributed by atoms with E-state index in [0.29, 0.717) is 0 Å². The molecule has 1 aromatic carbocycles. The fraction of sp³-hybridized carbons (Fsp3) is 0.250. The number of carbonyl (C=O) groups excluding carboxylic acids is 1. The van der Waals surface area contributed by atoms with E-state index in [-0.39, 0.29) is 10.8 Å². The molecule has 28 heavy (non-hydrogen) atoms. The summed E-state index contributed by atoms with van der Waals surface area (Å²) in [4.78, 5) is 14.3. The van der Waals surface area contributed by atoms with E-state index in [4.69, 9.17) is 16.3 Å². The first-order valence-corrected chi connectivity index (χ1v) is 7.83. The first-order valence-electron chi connectivity index (χ1n) is 7.45. The highest BCUT2D eigenvalue weighted by Crippen LogP contribution is 2.43. The minimum atomic E-state index is -5.94. The van der Waals surface area contributed by atoms with Crippen molar-refractivity contribution in [3.8, 4) is 5.75 Å². The molecule has 3 N–H and O–H groups in total. The smallest absolute Gasteiger partial charge is 0.462 e. The molecule has 0 spiro atoms. The number of rotatable bonds is 5. The molecule has 0 bridgehead atoms. The molecular weight excluding hydrogens is 416 g/mol. The Morgan fingerprint density at radius 1 is 1.00 bits per heavy atom. The molecule has 0 aliphatic rings. The van der Waals surface area contributed by atoms with Crippen LogP contribution in [0.25, 0.3) is 0 Å². The first-order chi connectivity index (χ1) is 12.9. The average Bonchev–Trinajstić information content (AvgIpc) is 2.61. The summed E-state index contributed by atoms with van der Waals surface area (Å²) in [6.07, 6.45) is -10.9. The number of H-pyrrole nitrogens is 1. The summed E-state index contributed by atoms with van der Waals surface area (Å²) in [6, 6.07) is 6.44. The highest BCUT2D eigenvalue weighted by atomic mass is 35.5. The van der Waals surface area contributed by atoms with E-state index < -0.39 is 35.3 Å². The van der Waals surface area contributed by atoms with Crippen molar-refractivity contribution < 1.29 is 40.9 Å². The van der Waals surface area contributed by atoms with Crippen LogP contribution < -0.4 is 20.4 Å². The Morgan fingerprint density at radius 3 is 2.00 bits per heavy atom. The fourth-order valence-corrected chi connectivity index (χ4v) is 2.26. The second-order valence-electron chi connectivity index (χ2n) is 5.47. The fourth-order valence-electron chi connectivity index (χ4n) is 2.15. The normalized spacial score (nSPS) is 12.4. The molecule has 0 saturated carbocycles. The number of carbonyl (C=O) groups is 1. The topological polar surface area (TPSA) is 64.5 Å². The number of ether oxygens (including phenoxy) is 1. The molecule has 2 rings (SSSR count). The van der Waals surface area contributed by atoms with Crippen LogP contribution in [0.15, 0.2) is 42.6 Å². The quantitative estimate of drug-likeness (QED) is 0.562. The molecule has 0 fully saturated rings. The van der Waals surface area contributed by atoms with E-state index in [1.807, 2.05) is 0 Å². The van der Waals surface area contributed by atoms with Gasteiger partial charge in [-0.2, -0.15) is 26.3 Å². The number of hydrogen-bond donors (Lipinski definition) is 2. The van der Waals surface area contributed by atoms with Gasteiger partial charge in [0.15, 0.2) is 0 Å². The van der Waals surface area contributed by atoms with E-state index in [1.54, 1.807) is 0 Å².